The lowest BCUT2D eigenvalue weighted by Crippen LogP contribution is -2.00. The molecule has 0 aliphatic carbocycles. The van der Waals surface area contributed by atoms with Gasteiger partial charge in [0.05, 0.1) is 11.1 Å². The monoisotopic (exact) mass is 378 g/mol. The van der Waals surface area contributed by atoms with E-state index in [-0.39, 0.29) is 5.69 Å². The van der Waals surface area contributed by atoms with Gasteiger partial charge in [-0.3, -0.25) is 15.2 Å². The molecule has 0 aliphatic heterocycles. The van der Waals surface area contributed by atoms with Crippen molar-refractivity contribution in [1.82, 2.24) is 19.9 Å². The number of para-hydroxylation sites is 1. The summed E-state index contributed by atoms with van der Waals surface area (Å²) in [5.41, 5.74) is 2.91. The van der Waals surface area contributed by atoms with Crippen LogP contribution in [0.5, 0.6) is 0 Å². The van der Waals surface area contributed by atoms with Crippen molar-refractivity contribution in [2.45, 2.75) is 6.42 Å². The number of aromatic nitrogens is 4. The molecule has 0 unspecified atom stereocenters. The Morgan fingerprint density at radius 2 is 2.00 bits per heavy atom. The number of benzene rings is 2. The summed E-state index contributed by atoms with van der Waals surface area (Å²) >= 11 is 5.27. The summed E-state index contributed by atoms with van der Waals surface area (Å²) in [5.74, 6) is 0.669. The third-order valence-electron chi connectivity index (χ3n) is 4.17. The number of nitrogens with zero attached hydrogens (tertiary/aromatic N) is 4. The summed E-state index contributed by atoms with van der Waals surface area (Å²) in [4.78, 5) is 13.5. The SMILES string of the molecule is O=[N+]([O-])c1ccc(/C=N\n2c(Cc3c[nH]c4ccccc34)n[nH]c2=S)cc1. The minimum absolute atomic E-state index is 0.0343. The number of nitro groups is 1. The maximum Gasteiger partial charge on any atom is 0.269 e. The van der Waals surface area contributed by atoms with Gasteiger partial charge in [0.2, 0.25) is 4.77 Å². The molecule has 0 saturated heterocycles. The molecule has 0 bridgehead atoms. The van der Waals surface area contributed by atoms with Crippen molar-refractivity contribution in [2.75, 3.05) is 0 Å². The molecular formula is C18H14N6O2S. The minimum Gasteiger partial charge on any atom is -0.361 e. The molecule has 2 N–H and O–H groups in total. The van der Waals surface area contributed by atoms with Crippen LogP contribution in [0.1, 0.15) is 17.0 Å². The fraction of sp³-hybridized carbons (Fsp3) is 0.0556. The number of H-pyrrole nitrogens is 2. The van der Waals surface area contributed by atoms with E-state index in [1.54, 1.807) is 23.0 Å². The molecule has 0 spiro atoms. The van der Waals surface area contributed by atoms with E-state index in [0.29, 0.717) is 17.0 Å². The number of nitrogens with one attached hydrogen (secondary N) is 2. The topological polar surface area (TPSA) is 105 Å². The molecular weight excluding hydrogens is 364 g/mol. The Morgan fingerprint density at radius 1 is 1.22 bits per heavy atom. The van der Waals surface area contributed by atoms with Crippen LogP contribution in [0, 0.1) is 14.9 Å². The molecule has 134 valence electrons. The van der Waals surface area contributed by atoms with Gasteiger partial charge in [0.15, 0.2) is 5.82 Å². The molecule has 0 atom stereocenters. The van der Waals surface area contributed by atoms with Gasteiger partial charge in [-0.05, 0) is 41.5 Å². The van der Waals surface area contributed by atoms with Crippen LogP contribution in [0.25, 0.3) is 10.9 Å². The fourth-order valence-corrected chi connectivity index (χ4v) is 3.01. The maximum atomic E-state index is 10.7. The Hall–Kier alpha value is -3.59. The van der Waals surface area contributed by atoms with Gasteiger partial charge in [-0.2, -0.15) is 14.9 Å². The normalized spacial score (nSPS) is 11.4. The van der Waals surface area contributed by atoms with Crippen LogP contribution in [0.2, 0.25) is 0 Å². The summed E-state index contributed by atoms with van der Waals surface area (Å²) in [6.07, 6.45) is 4.09. The maximum absolute atomic E-state index is 10.7. The first-order valence-corrected chi connectivity index (χ1v) is 8.53. The quantitative estimate of drug-likeness (QED) is 0.238. The molecule has 8 nitrogen and oxygen atoms in total. The number of nitro benzene ring substituents is 1. The highest BCUT2D eigenvalue weighted by Crippen LogP contribution is 2.20. The van der Waals surface area contributed by atoms with Crippen molar-refractivity contribution in [3.05, 3.63) is 86.6 Å². The molecule has 4 aromatic rings. The Balaban J connectivity index is 1.62. The third kappa shape index (κ3) is 3.40. The number of non-ortho nitro benzene ring substituents is 1. The zero-order chi connectivity index (χ0) is 18.8. The zero-order valence-electron chi connectivity index (χ0n) is 14.0. The van der Waals surface area contributed by atoms with E-state index < -0.39 is 4.92 Å². The van der Waals surface area contributed by atoms with Gasteiger partial charge in [-0.25, -0.2) is 0 Å². The van der Waals surface area contributed by atoms with Gasteiger partial charge in [-0.1, -0.05) is 18.2 Å². The number of fused-ring (bicyclic) bond motifs is 1. The van der Waals surface area contributed by atoms with E-state index in [9.17, 15) is 10.1 Å². The third-order valence-corrected chi connectivity index (χ3v) is 4.43. The molecule has 0 saturated carbocycles. The first-order chi connectivity index (χ1) is 13.1. The van der Waals surface area contributed by atoms with Crippen LogP contribution in [-0.2, 0) is 6.42 Å². The first-order valence-electron chi connectivity index (χ1n) is 8.12. The van der Waals surface area contributed by atoms with E-state index >= 15 is 0 Å². The second-order valence-corrected chi connectivity index (χ2v) is 6.27. The highest BCUT2D eigenvalue weighted by atomic mass is 32.1. The molecule has 2 aromatic carbocycles. The molecule has 0 radical (unpaired) electrons. The van der Waals surface area contributed by atoms with E-state index in [4.69, 9.17) is 12.2 Å². The predicted octanol–water partition coefficient (Wildman–Crippen LogP) is 3.80. The van der Waals surface area contributed by atoms with E-state index in [0.717, 1.165) is 22.0 Å². The van der Waals surface area contributed by atoms with Crippen molar-refractivity contribution in [1.29, 1.82) is 0 Å². The molecule has 2 heterocycles. The lowest BCUT2D eigenvalue weighted by atomic mass is 10.1. The molecule has 0 amide bonds. The lowest BCUT2D eigenvalue weighted by molar-refractivity contribution is -0.384. The lowest BCUT2D eigenvalue weighted by Gasteiger charge is -2.00. The second kappa shape index (κ2) is 6.96. The van der Waals surface area contributed by atoms with Crippen LogP contribution < -0.4 is 0 Å². The Bertz CT molecular complexity index is 1200. The number of hydrogen-bond acceptors (Lipinski definition) is 5. The fourth-order valence-electron chi connectivity index (χ4n) is 2.81. The molecule has 0 aliphatic rings. The highest BCUT2D eigenvalue weighted by Gasteiger charge is 2.10. The number of aromatic amines is 2. The smallest absolute Gasteiger partial charge is 0.269 e. The largest absolute Gasteiger partial charge is 0.361 e. The Kier molecular flexibility index (Phi) is 4.35. The summed E-state index contributed by atoms with van der Waals surface area (Å²) in [7, 11) is 0. The highest BCUT2D eigenvalue weighted by molar-refractivity contribution is 7.71. The summed E-state index contributed by atoms with van der Waals surface area (Å²) < 4.78 is 1.93. The van der Waals surface area contributed by atoms with Gasteiger partial charge in [0.25, 0.3) is 5.69 Å². The van der Waals surface area contributed by atoms with Gasteiger partial charge in [-0.15, -0.1) is 0 Å². The average Bonchev–Trinajstić information content (AvgIpc) is 3.25. The van der Waals surface area contributed by atoms with Crippen LogP contribution in [-0.4, -0.2) is 31.0 Å². The van der Waals surface area contributed by atoms with E-state index in [1.807, 2.05) is 30.5 Å². The zero-order valence-corrected chi connectivity index (χ0v) is 14.8. The molecule has 4 rings (SSSR count). The average molecular weight is 378 g/mol. The van der Waals surface area contributed by atoms with Crippen molar-refractivity contribution in [3.8, 4) is 0 Å². The number of hydrogen-bond donors (Lipinski definition) is 2. The molecule has 27 heavy (non-hydrogen) atoms. The summed E-state index contributed by atoms with van der Waals surface area (Å²) in [6.45, 7) is 0. The van der Waals surface area contributed by atoms with Gasteiger partial charge >= 0.3 is 0 Å². The van der Waals surface area contributed by atoms with Crippen molar-refractivity contribution in [2.24, 2.45) is 5.10 Å². The van der Waals surface area contributed by atoms with E-state index in [1.165, 1.54) is 12.1 Å². The van der Waals surface area contributed by atoms with Crippen LogP contribution in [0.3, 0.4) is 0 Å². The second-order valence-electron chi connectivity index (χ2n) is 5.89. The van der Waals surface area contributed by atoms with Crippen LogP contribution in [0.4, 0.5) is 5.69 Å². The van der Waals surface area contributed by atoms with Crippen LogP contribution >= 0.6 is 12.2 Å². The van der Waals surface area contributed by atoms with Crippen LogP contribution in [0.15, 0.2) is 59.8 Å². The number of rotatable bonds is 5. The predicted molar refractivity (Wildman–Crippen MR) is 105 cm³/mol. The molecule has 0 fully saturated rings. The van der Waals surface area contributed by atoms with Gasteiger partial charge in [0.1, 0.15) is 0 Å². The molecule has 2 aromatic heterocycles. The van der Waals surface area contributed by atoms with Crippen molar-refractivity contribution < 1.29 is 4.92 Å². The Labute approximate surface area is 158 Å². The van der Waals surface area contributed by atoms with Gasteiger partial charge in [0, 0.05) is 35.7 Å². The standard InChI is InChI=1S/C18H14N6O2S/c25-24(26)14-7-5-12(6-8-14)10-20-23-17(21-22-18(23)27)9-13-11-19-16-4-2-1-3-15(13)16/h1-8,10-11,19H,9H2,(H,22,27)/b20-10-. The Morgan fingerprint density at radius 3 is 2.78 bits per heavy atom. The summed E-state index contributed by atoms with van der Waals surface area (Å²) in [5, 5.41) is 23.3. The minimum atomic E-state index is -0.438. The molecule has 9 heteroatoms. The first kappa shape index (κ1) is 16.9. The van der Waals surface area contributed by atoms with Crippen molar-refractivity contribution >= 4 is 35.0 Å². The van der Waals surface area contributed by atoms with Crippen molar-refractivity contribution in [3.63, 3.8) is 0 Å². The summed E-state index contributed by atoms with van der Waals surface area (Å²) in [6, 6.07) is 14.2. The van der Waals surface area contributed by atoms with Gasteiger partial charge < -0.3 is 4.98 Å². The van der Waals surface area contributed by atoms with E-state index in [2.05, 4.69) is 20.3 Å².